The quantitative estimate of drug-likeness (QED) is 0.795. The SMILES string of the molecule is CCOC(=O)[C@H]1CCCN(C(=O)Cn2ccc(=O)c3ccccc32)C1. The van der Waals surface area contributed by atoms with E-state index in [2.05, 4.69) is 0 Å². The Morgan fingerprint density at radius 3 is 2.84 bits per heavy atom. The van der Waals surface area contributed by atoms with Crippen molar-refractivity contribution in [2.75, 3.05) is 19.7 Å². The minimum absolute atomic E-state index is 0.0530. The molecule has 6 nitrogen and oxygen atoms in total. The molecule has 1 saturated heterocycles. The fourth-order valence-electron chi connectivity index (χ4n) is 3.30. The molecular formula is C19H22N2O4. The number of likely N-dealkylation sites (tertiary alicyclic amines) is 1. The van der Waals surface area contributed by atoms with Crippen LogP contribution in [0.3, 0.4) is 0 Å². The number of para-hydroxylation sites is 1. The second kappa shape index (κ2) is 7.51. The fraction of sp³-hybridized carbons (Fsp3) is 0.421. The van der Waals surface area contributed by atoms with Crippen LogP contribution in [-0.4, -0.2) is 41.0 Å². The molecule has 0 spiro atoms. The predicted molar refractivity (Wildman–Crippen MR) is 94.1 cm³/mol. The van der Waals surface area contributed by atoms with Crippen LogP contribution in [0.4, 0.5) is 0 Å². The lowest BCUT2D eigenvalue weighted by Crippen LogP contribution is -2.44. The van der Waals surface area contributed by atoms with Crippen LogP contribution >= 0.6 is 0 Å². The number of hydrogen-bond donors (Lipinski definition) is 0. The van der Waals surface area contributed by atoms with Crippen LogP contribution in [0.25, 0.3) is 10.9 Å². The molecule has 6 heteroatoms. The van der Waals surface area contributed by atoms with Crippen LogP contribution in [0.15, 0.2) is 41.3 Å². The lowest BCUT2D eigenvalue weighted by atomic mass is 9.98. The summed E-state index contributed by atoms with van der Waals surface area (Å²) < 4.78 is 6.87. The van der Waals surface area contributed by atoms with Gasteiger partial charge in [-0.25, -0.2) is 0 Å². The number of rotatable bonds is 4. The predicted octanol–water partition coefficient (Wildman–Crippen LogP) is 1.80. The molecule has 0 bridgehead atoms. The molecule has 2 aromatic rings. The van der Waals surface area contributed by atoms with Gasteiger partial charge in [0.25, 0.3) is 0 Å². The van der Waals surface area contributed by atoms with Crippen LogP contribution in [0, 0.1) is 5.92 Å². The molecule has 0 aliphatic carbocycles. The van der Waals surface area contributed by atoms with Crippen molar-refractivity contribution in [1.29, 1.82) is 0 Å². The molecule has 0 saturated carbocycles. The van der Waals surface area contributed by atoms with E-state index in [4.69, 9.17) is 4.74 Å². The lowest BCUT2D eigenvalue weighted by molar-refractivity contribution is -0.151. The van der Waals surface area contributed by atoms with E-state index in [9.17, 15) is 14.4 Å². The van der Waals surface area contributed by atoms with Crippen molar-refractivity contribution in [3.05, 3.63) is 46.8 Å². The summed E-state index contributed by atoms with van der Waals surface area (Å²) in [7, 11) is 0. The van der Waals surface area contributed by atoms with Crippen molar-refractivity contribution >= 4 is 22.8 Å². The first-order valence-corrected chi connectivity index (χ1v) is 8.62. The first-order chi connectivity index (χ1) is 12.1. The highest BCUT2D eigenvalue weighted by Gasteiger charge is 2.29. The summed E-state index contributed by atoms with van der Waals surface area (Å²) in [6, 6.07) is 8.73. The lowest BCUT2D eigenvalue weighted by Gasteiger charge is -2.31. The van der Waals surface area contributed by atoms with E-state index in [1.54, 1.807) is 28.7 Å². The van der Waals surface area contributed by atoms with Crippen molar-refractivity contribution in [1.82, 2.24) is 9.47 Å². The van der Waals surface area contributed by atoms with Gasteiger partial charge in [0.1, 0.15) is 6.54 Å². The van der Waals surface area contributed by atoms with E-state index in [-0.39, 0.29) is 29.8 Å². The molecule has 0 N–H and O–H groups in total. The molecule has 0 unspecified atom stereocenters. The summed E-state index contributed by atoms with van der Waals surface area (Å²) in [5.41, 5.74) is 0.682. The summed E-state index contributed by atoms with van der Waals surface area (Å²) in [6.07, 6.45) is 3.19. The minimum Gasteiger partial charge on any atom is -0.466 e. The molecule has 1 aliphatic heterocycles. The summed E-state index contributed by atoms with van der Waals surface area (Å²) in [5, 5.41) is 0.598. The molecule has 1 amide bonds. The van der Waals surface area contributed by atoms with E-state index in [0.29, 0.717) is 25.1 Å². The first kappa shape index (κ1) is 17.2. The monoisotopic (exact) mass is 342 g/mol. The van der Waals surface area contributed by atoms with Gasteiger partial charge in [-0.2, -0.15) is 0 Å². The Labute approximate surface area is 146 Å². The number of carbonyl (C=O) groups is 2. The molecule has 1 aromatic heterocycles. The third kappa shape index (κ3) is 3.73. The number of piperidine rings is 1. The van der Waals surface area contributed by atoms with Gasteiger partial charge in [-0.1, -0.05) is 12.1 Å². The van der Waals surface area contributed by atoms with E-state index >= 15 is 0 Å². The average molecular weight is 342 g/mol. The van der Waals surface area contributed by atoms with Crippen LogP contribution < -0.4 is 5.43 Å². The van der Waals surface area contributed by atoms with E-state index in [0.717, 1.165) is 18.4 Å². The van der Waals surface area contributed by atoms with Gasteiger partial charge in [-0.3, -0.25) is 14.4 Å². The summed E-state index contributed by atoms with van der Waals surface area (Å²) in [5.74, 6) is -0.528. The Bertz CT molecular complexity index is 843. The number of ether oxygens (including phenoxy) is 1. The molecule has 0 radical (unpaired) electrons. The highest BCUT2D eigenvalue weighted by molar-refractivity contribution is 5.82. The van der Waals surface area contributed by atoms with E-state index < -0.39 is 0 Å². The van der Waals surface area contributed by atoms with Gasteiger partial charge in [-0.05, 0) is 31.9 Å². The zero-order valence-corrected chi connectivity index (χ0v) is 14.3. The van der Waals surface area contributed by atoms with Crippen LogP contribution in [0.5, 0.6) is 0 Å². The highest BCUT2D eigenvalue weighted by Crippen LogP contribution is 2.19. The maximum Gasteiger partial charge on any atom is 0.310 e. The van der Waals surface area contributed by atoms with Crippen molar-refractivity contribution < 1.29 is 14.3 Å². The molecule has 1 aromatic carbocycles. The average Bonchev–Trinajstić information content (AvgIpc) is 2.64. The molecule has 1 fully saturated rings. The number of pyridine rings is 1. The minimum atomic E-state index is -0.247. The maximum absolute atomic E-state index is 12.7. The van der Waals surface area contributed by atoms with E-state index in [1.807, 2.05) is 18.2 Å². The van der Waals surface area contributed by atoms with Gasteiger partial charge in [0.15, 0.2) is 5.43 Å². The fourth-order valence-corrected chi connectivity index (χ4v) is 3.30. The van der Waals surface area contributed by atoms with Crippen LogP contribution in [0.1, 0.15) is 19.8 Å². The number of amides is 1. The van der Waals surface area contributed by atoms with Crippen molar-refractivity contribution in [3.8, 4) is 0 Å². The number of fused-ring (bicyclic) bond motifs is 1. The zero-order valence-electron chi connectivity index (χ0n) is 14.3. The Kier molecular flexibility index (Phi) is 5.16. The van der Waals surface area contributed by atoms with Crippen molar-refractivity contribution in [2.24, 2.45) is 5.92 Å². The Morgan fingerprint density at radius 2 is 2.04 bits per heavy atom. The van der Waals surface area contributed by atoms with Crippen LogP contribution in [0.2, 0.25) is 0 Å². The molecule has 2 heterocycles. The van der Waals surface area contributed by atoms with E-state index in [1.165, 1.54) is 6.07 Å². The maximum atomic E-state index is 12.7. The third-order valence-electron chi connectivity index (χ3n) is 4.58. The van der Waals surface area contributed by atoms with Crippen LogP contribution in [-0.2, 0) is 20.9 Å². The first-order valence-electron chi connectivity index (χ1n) is 8.62. The number of carbonyl (C=O) groups excluding carboxylic acids is 2. The number of hydrogen-bond acceptors (Lipinski definition) is 4. The van der Waals surface area contributed by atoms with Gasteiger partial charge in [0.2, 0.25) is 5.91 Å². The normalized spacial score (nSPS) is 17.5. The second-order valence-corrected chi connectivity index (χ2v) is 6.26. The summed E-state index contributed by atoms with van der Waals surface area (Å²) >= 11 is 0. The Morgan fingerprint density at radius 1 is 1.24 bits per heavy atom. The number of esters is 1. The zero-order chi connectivity index (χ0) is 17.8. The highest BCUT2D eigenvalue weighted by atomic mass is 16.5. The molecule has 132 valence electrons. The molecule has 1 atom stereocenters. The van der Waals surface area contributed by atoms with Gasteiger partial charge >= 0.3 is 5.97 Å². The largest absolute Gasteiger partial charge is 0.466 e. The molecule has 25 heavy (non-hydrogen) atoms. The summed E-state index contributed by atoms with van der Waals surface area (Å²) in [6.45, 7) is 3.33. The van der Waals surface area contributed by atoms with Gasteiger partial charge in [0.05, 0.1) is 18.0 Å². The number of aromatic nitrogens is 1. The second-order valence-electron chi connectivity index (χ2n) is 6.26. The third-order valence-corrected chi connectivity index (χ3v) is 4.58. The Hall–Kier alpha value is -2.63. The summed E-state index contributed by atoms with van der Waals surface area (Å²) in [4.78, 5) is 38.3. The van der Waals surface area contributed by atoms with Crippen molar-refractivity contribution in [3.63, 3.8) is 0 Å². The standard InChI is InChI=1S/C19H22N2O4/c1-2-25-19(24)14-6-5-10-21(12-14)18(23)13-20-11-9-17(22)15-7-3-4-8-16(15)20/h3-4,7-9,11,14H,2,5-6,10,12-13H2,1H3/t14-/m0/s1. The number of benzene rings is 1. The smallest absolute Gasteiger partial charge is 0.310 e. The molecule has 1 aliphatic rings. The topological polar surface area (TPSA) is 68.6 Å². The van der Waals surface area contributed by atoms with Gasteiger partial charge in [0, 0.05) is 30.7 Å². The Balaban J connectivity index is 1.75. The molecular weight excluding hydrogens is 320 g/mol. The van der Waals surface area contributed by atoms with Gasteiger partial charge < -0.3 is 14.2 Å². The molecule has 3 rings (SSSR count). The number of nitrogens with zero attached hydrogens (tertiary/aromatic N) is 2. The van der Waals surface area contributed by atoms with Crippen molar-refractivity contribution in [2.45, 2.75) is 26.3 Å². The van der Waals surface area contributed by atoms with Gasteiger partial charge in [-0.15, -0.1) is 0 Å².